The van der Waals surface area contributed by atoms with Crippen LogP contribution in [0, 0.1) is 5.92 Å². The predicted octanol–water partition coefficient (Wildman–Crippen LogP) is 0.190. The van der Waals surface area contributed by atoms with Crippen LogP contribution in [0.3, 0.4) is 0 Å². The average molecular weight is 276 g/mol. The van der Waals surface area contributed by atoms with Crippen molar-refractivity contribution in [2.45, 2.75) is 51.2 Å². The normalized spacial score (nSPS) is 35.6. The Morgan fingerprint density at radius 2 is 2.06 bits per heavy atom. The lowest BCUT2D eigenvalue weighted by Crippen LogP contribution is -2.58. The smallest absolute Gasteiger partial charge is 0.242 e. The maximum atomic E-state index is 12.0. The summed E-state index contributed by atoms with van der Waals surface area (Å²) in [6, 6.07) is 0.123. The van der Waals surface area contributed by atoms with Gasteiger partial charge in [0.1, 0.15) is 6.04 Å². The van der Waals surface area contributed by atoms with Crippen molar-refractivity contribution >= 4 is 24.2 Å². The van der Waals surface area contributed by atoms with E-state index in [-0.39, 0.29) is 36.3 Å². The molecule has 0 radical (unpaired) electrons. The maximum absolute atomic E-state index is 12.0. The van der Waals surface area contributed by atoms with E-state index in [1.807, 2.05) is 0 Å². The topological polar surface area (TPSA) is 70.2 Å². The summed E-state index contributed by atoms with van der Waals surface area (Å²) >= 11 is 0. The van der Waals surface area contributed by atoms with Gasteiger partial charge in [0.15, 0.2) is 0 Å². The number of carbonyl (C=O) groups is 2. The van der Waals surface area contributed by atoms with Gasteiger partial charge in [0.05, 0.1) is 0 Å². The summed E-state index contributed by atoms with van der Waals surface area (Å²) in [5.41, 5.74) is 0. The van der Waals surface area contributed by atoms with Crippen molar-refractivity contribution in [3.63, 3.8) is 0 Å². The minimum atomic E-state index is -0.330. The van der Waals surface area contributed by atoms with Crippen molar-refractivity contribution in [2.24, 2.45) is 5.92 Å². The first-order chi connectivity index (χ1) is 8.08. The van der Waals surface area contributed by atoms with Gasteiger partial charge in [0, 0.05) is 18.5 Å². The third-order valence-electron chi connectivity index (χ3n) is 3.84. The molecule has 2 heterocycles. The van der Waals surface area contributed by atoms with Crippen LogP contribution in [-0.2, 0) is 9.59 Å². The zero-order chi connectivity index (χ0) is 12.4. The van der Waals surface area contributed by atoms with Crippen LogP contribution in [0.15, 0.2) is 0 Å². The van der Waals surface area contributed by atoms with E-state index in [4.69, 9.17) is 0 Å². The Balaban J connectivity index is 0.00000162. The Hall–Kier alpha value is -0.810. The van der Waals surface area contributed by atoms with E-state index < -0.39 is 0 Å². The fourth-order valence-electron chi connectivity index (χ4n) is 2.68. The fraction of sp³-hybridized carbons (Fsp3) is 0.833. The van der Waals surface area contributed by atoms with Crippen LogP contribution < -0.4 is 16.0 Å². The van der Waals surface area contributed by atoms with Crippen LogP contribution in [0.2, 0.25) is 0 Å². The molecule has 2 saturated heterocycles. The van der Waals surface area contributed by atoms with Gasteiger partial charge in [0.2, 0.25) is 11.8 Å². The summed E-state index contributed by atoms with van der Waals surface area (Å²) in [7, 11) is 0. The average Bonchev–Trinajstić information content (AvgIpc) is 2.70. The van der Waals surface area contributed by atoms with Crippen LogP contribution in [0.4, 0.5) is 0 Å². The van der Waals surface area contributed by atoms with Crippen molar-refractivity contribution in [3.05, 3.63) is 0 Å². The summed E-state index contributed by atoms with van der Waals surface area (Å²) in [5, 5.41) is 9.13. The van der Waals surface area contributed by atoms with Gasteiger partial charge in [-0.3, -0.25) is 9.59 Å². The van der Waals surface area contributed by atoms with Gasteiger partial charge in [-0.1, -0.05) is 6.92 Å². The largest absolute Gasteiger partial charge is 0.350 e. The molecule has 0 spiro atoms. The Kier molecular flexibility index (Phi) is 5.41. The zero-order valence-electron chi connectivity index (χ0n) is 10.9. The lowest BCUT2D eigenvalue weighted by Gasteiger charge is -2.36. The van der Waals surface area contributed by atoms with Crippen molar-refractivity contribution < 1.29 is 9.59 Å². The van der Waals surface area contributed by atoms with Gasteiger partial charge in [-0.15, -0.1) is 12.4 Å². The summed E-state index contributed by atoms with van der Waals surface area (Å²) in [6.45, 7) is 5.26. The molecular formula is C12H22ClN3O2. The standard InChI is InChI=1S/C12H21N3O2.ClH/c1-7-5-6-13-8(2)11(7)15-12(17)9-3-4-10(16)14-9;/h7-9,11,13H,3-6H2,1-2H3,(H,14,16)(H,15,17);1H. The number of piperidine rings is 1. The van der Waals surface area contributed by atoms with Crippen LogP contribution in [0.1, 0.15) is 33.1 Å². The number of rotatable bonds is 2. The highest BCUT2D eigenvalue weighted by Gasteiger charge is 2.33. The molecule has 2 rings (SSSR count). The van der Waals surface area contributed by atoms with Crippen molar-refractivity contribution in [1.29, 1.82) is 0 Å². The Bertz CT molecular complexity index is 314. The third-order valence-corrected chi connectivity index (χ3v) is 3.84. The molecule has 3 N–H and O–H groups in total. The lowest BCUT2D eigenvalue weighted by atomic mass is 9.89. The van der Waals surface area contributed by atoms with E-state index in [0.29, 0.717) is 24.8 Å². The molecule has 0 aromatic carbocycles. The molecule has 4 unspecified atom stereocenters. The molecular weight excluding hydrogens is 254 g/mol. The van der Waals surface area contributed by atoms with E-state index in [0.717, 1.165) is 13.0 Å². The number of hydrogen-bond donors (Lipinski definition) is 3. The summed E-state index contributed by atoms with van der Waals surface area (Å²) in [5.74, 6) is 0.420. The van der Waals surface area contributed by atoms with Gasteiger partial charge in [0.25, 0.3) is 0 Å². The molecule has 18 heavy (non-hydrogen) atoms. The molecule has 2 aliphatic heterocycles. The number of halogens is 1. The second-order valence-corrected chi connectivity index (χ2v) is 5.20. The van der Waals surface area contributed by atoms with Crippen molar-refractivity contribution in [2.75, 3.05) is 6.54 Å². The van der Waals surface area contributed by atoms with Crippen LogP contribution in [-0.4, -0.2) is 36.5 Å². The summed E-state index contributed by atoms with van der Waals surface area (Å²) in [6.07, 6.45) is 2.16. The fourth-order valence-corrected chi connectivity index (χ4v) is 2.68. The van der Waals surface area contributed by atoms with Crippen molar-refractivity contribution in [1.82, 2.24) is 16.0 Å². The lowest BCUT2D eigenvalue weighted by molar-refractivity contribution is -0.126. The number of hydrogen-bond acceptors (Lipinski definition) is 3. The quantitative estimate of drug-likeness (QED) is 0.674. The minimum Gasteiger partial charge on any atom is -0.350 e. The van der Waals surface area contributed by atoms with Crippen LogP contribution >= 0.6 is 12.4 Å². The Morgan fingerprint density at radius 3 is 2.61 bits per heavy atom. The SMILES string of the molecule is CC1CCNC(C)C1NC(=O)C1CCC(=O)N1.Cl. The number of nitrogens with one attached hydrogen (secondary N) is 3. The van der Waals surface area contributed by atoms with E-state index >= 15 is 0 Å². The molecule has 104 valence electrons. The van der Waals surface area contributed by atoms with Gasteiger partial charge in [-0.05, 0) is 32.2 Å². The molecule has 0 bridgehead atoms. The van der Waals surface area contributed by atoms with E-state index in [2.05, 4.69) is 29.8 Å². The maximum Gasteiger partial charge on any atom is 0.242 e. The van der Waals surface area contributed by atoms with E-state index in [9.17, 15) is 9.59 Å². The summed E-state index contributed by atoms with van der Waals surface area (Å²) < 4.78 is 0. The molecule has 2 aliphatic rings. The molecule has 0 aromatic rings. The highest BCUT2D eigenvalue weighted by molar-refractivity contribution is 5.90. The molecule has 0 aliphatic carbocycles. The second-order valence-electron chi connectivity index (χ2n) is 5.20. The molecule has 2 fully saturated rings. The highest BCUT2D eigenvalue weighted by atomic mass is 35.5. The minimum absolute atomic E-state index is 0. The second kappa shape index (κ2) is 6.38. The third kappa shape index (κ3) is 3.36. The van der Waals surface area contributed by atoms with Gasteiger partial charge >= 0.3 is 0 Å². The Labute approximate surface area is 114 Å². The van der Waals surface area contributed by atoms with Crippen molar-refractivity contribution in [3.8, 4) is 0 Å². The number of carbonyl (C=O) groups excluding carboxylic acids is 2. The number of amides is 2. The van der Waals surface area contributed by atoms with Gasteiger partial charge < -0.3 is 16.0 Å². The molecule has 4 atom stereocenters. The summed E-state index contributed by atoms with van der Waals surface area (Å²) in [4.78, 5) is 23.1. The first-order valence-electron chi connectivity index (χ1n) is 6.41. The highest BCUT2D eigenvalue weighted by Crippen LogP contribution is 2.17. The molecule has 6 heteroatoms. The van der Waals surface area contributed by atoms with E-state index in [1.54, 1.807) is 0 Å². The molecule has 0 aromatic heterocycles. The van der Waals surface area contributed by atoms with Crippen LogP contribution in [0.25, 0.3) is 0 Å². The van der Waals surface area contributed by atoms with Gasteiger partial charge in [-0.2, -0.15) is 0 Å². The Morgan fingerprint density at radius 1 is 1.33 bits per heavy atom. The molecule has 5 nitrogen and oxygen atoms in total. The van der Waals surface area contributed by atoms with Gasteiger partial charge in [-0.25, -0.2) is 0 Å². The molecule has 0 saturated carbocycles. The zero-order valence-corrected chi connectivity index (χ0v) is 11.7. The van der Waals surface area contributed by atoms with E-state index in [1.165, 1.54) is 0 Å². The molecule has 2 amide bonds. The first kappa shape index (κ1) is 15.2. The monoisotopic (exact) mass is 275 g/mol. The van der Waals surface area contributed by atoms with Crippen LogP contribution in [0.5, 0.6) is 0 Å². The predicted molar refractivity (Wildman–Crippen MR) is 71.6 cm³/mol. The first-order valence-corrected chi connectivity index (χ1v) is 6.41.